The molecule has 0 heterocycles. The van der Waals surface area contributed by atoms with Crippen LogP contribution in [0.2, 0.25) is 0 Å². The molecule has 0 amide bonds. The molecule has 2 aliphatic rings. The Balaban J connectivity index is 0.000000203. The molecule has 2 saturated carbocycles. The number of benzene rings is 1. The lowest BCUT2D eigenvalue weighted by atomic mass is 9.70. The van der Waals surface area contributed by atoms with Gasteiger partial charge in [0.1, 0.15) is 12.7 Å². The Labute approximate surface area is 168 Å². The van der Waals surface area contributed by atoms with Gasteiger partial charge in [-0.25, -0.2) is 9.59 Å². The number of rotatable bonds is 5. The van der Waals surface area contributed by atoms with Crippen molar-refractivity contribution in [1.29, 1.82) is 0 Å². The minimum Gasteiger partial charge on any atom is -0.459 e. The van der Waals surface area contributed by atoms with Crippen molar-refractivity contribution in [2.24, 2.45) is 16.7 Å². The zero-order valence-corrected chi connectivity index (χ0v) is 17.5. The topological polar surface area (TPSA) is 52.6 Å². The van der Waals surface area contributed by atoms with E-state index in [0.29, 0.717) is 23.5 Å². The number of ether oxygens (including phenoxy) is 2. The van der Waals surface area contributed by atoms with Crippen LogP contribution in [0.3, 0.4) is 0 Å². The molecular formula is C24H32O4. The maximum absolute atomic E-state index is 11.3. The molecule has 0 spiro atoms. The van der Waals surface area contributed by atoms with E-state index in [0.717, 1.165) is 12.0 Å². The zero-order valence-electron chi connectivity index (χ0n) is 17.5. The van der Waals surface area contributed by atoms with E-state index < -0.39 is 0 Å². The molecule has 3 rings (SSSR count). The Hall–Kier alpha value is -2.36. The molecule has 0 saturated heterocycles. The van der Waals surface area contributed by atoms with Crippen molar-refractivity contribution in [2.75, 3.05) is 0 Å². The van der Waals surface area contributed by atoms with E-state index in [2.05, 4.69) is 33.9 Å². The van der Waals surface area contributed by atoms with Crippen molar-refractivity contribution in [1.82, 2.24) is 0 Å². The Kier molecular flexibility index (Phi) is 6.87. The Morgan fingerprint density at radius 2 is 1.86 bits per heavy atom. The van der Waals surface area contributed by atoms with Gasteiger partial charge in [0.2, 0.25) is 0 Å². The lowest BCUT2D eigenvalue weighted by molar-refractivity contribution is -0.150. The van der Waals surface area contributed by atoms with Crippen molar-refractivity contribution in [3.63, 3.8) is 0 Å². The maximum Gasteiger partial charge on any atom is 0.333 e. The monoisotopic (exact) mass is 384 g/mol. The highest BCUT2D eigenvalue weighted by atomic mass is 16.5. The van der Waals surface area contributed by atoms with Crippen molar-refractivity contribution >= 4 is 11.9 Å². The molecule has 4 nitrogen and oxygen atoms in total. The smallest absolute Gasteiger partial charge is 0.333 e. The van der Waals surface area contributed by atoms with Gasteiger partial charge in [-0.05, 0) is 43.1 Å². The predicted molar refractivity (Wildman–Crippen MR) is 110 cm³/mol. The summed E-state index contributed by atoms with van der Waals surface area (Å²) in [5.41, 5.74) is 1.88. The fraction of sp³-hybridized carbons (Fsp3) is 0.500. The first-order valence-electron chi connectivity index (χ1n) is 9.81. The van der Waals surface area contributed by atoms with Gasteiger partial charge in [0, 0.05) is 17.1 Å². The lowest BCUT2D eigenvalue weighted by Crippen LogP contribution is -2.38. The summed E-state index contributed by atoms with van der Waals surface area (Å²) in [5, 5.41) is 0. The second kappa shape index (κ2) is 8.76. The minimum absolute atomic E-state index is 0.0942. The van der Waals surface area contributed by atoms with Crippen LogP contribution < -0.4 is 0 Å². The Morgan fingerprint density at radius 3 is 2.32 bits per heavy atom. The second-order valence-electron chi connectivity index (χ2n) is 8.58. The Bertz CT molecular complexity index is 734. The Morgan fingerprint density at radius 1 is 1.21 bits per heavy atom. The average molecular weight is 385 g/mol. The van der Waals surface area contributed by atoms with E-state index in [1.165, 1.54) is 18.9 Å². The molecule has 0 N–H and O–H groups in total. The summed E-state index contributed by atoms with van der Waals surface area (Å²) < 4.78 is 10.4. The van der Waals surface area contributed by atoms with Gasteiger partial charge in [-0.2, -0.15) is 0 Å². The van der Waals surface area contributed by atoms with E-state index in [1.54, 1.807) is 6.92 Å². The van der Waals surface area contributed by atoms with Crippen molar-refractivity contribution in [2.45, 2.75) is 59.7 Å². The third kappa shape index (κ3) is 4.54. The van der Waals surface area contributed by atoms with E-state index in [1.807, 2.05) is 30.3 Å². The van der Waals surface area contributed by atoms with Gasteiger partial charge < -0.3 is 9.47 Å². The SMILES string of the molecule is C=C(C)C(=O)OCc1ccccc1.C=CC(=O)OC1C[C@H]2CC[C@@]1(C)C2(C)C. The van der Waals surface area contributed by atoms with E-state index in [-0.39, 0.29) is 23.5 Å². The van der Waals surface area contributed by atoms with Gasteiger partial charge in [0.15, 0.2) is 0 Å². The average Bonchev–Trinajstić information content (AvgIpc) is 3.00. The molecule has 3 atom stereocenters. The van der Waals surface area contributed by atoms with E-state index >= 15 is 0 Å². The predicted octanol–water partition coefficient (Wildman–Crippen LogP) is 5.24. The molecule has 0 aromatic heterocycles. The summed E-state index contributed by atoms with van der Waals surface area (Å²) >= 11 is 0. The molecule has 2 aliphatic carbocycles. The van der Waals surface area contributed by atoms with E-state index in [4.69, 9.17) is 9.47 Å². The summed E-state index contributed by atoms with van der Waals surface area (Å²) in [6.07, 6.45) is 4.85. The molecule has 2 fully saturated rings. The third-order valence-corrected chi connectivity index (χ3v) is 6.70. The molecule has 28 heavy (non-hydrogen) atoms. The normalized spacial score (nSPS) is 26.6. The van der Waals surface area contributed by atoms with Gasteiger partial charge in [-0.1, -0.05) is 64.3 Å². The van der Waals surface area contributed by atoms with Gasteiger partial charge in [0.25, 0.3) is 0 Å². The standard InChI is InChI=1S/C13H20O2.C11H12O2/c1-5-11(14)15-10-8-9-6-7-13(10,4)12(9,2)3;1-9(2)11(12)13-8-10-6-4-3-5-7-10/h5,9-10H,1,6-8H2,2-4H3;3-7H,1,8H2,2H3/t9-,10?,13-;/m1./s1. The van der Waals surface area contributed by atoms with Gasteiger partial charge >= 0.3 is 11.9 Å². The molecule has 1 unspecified atom stereocenters. The van der Waals surface area contributed by atoms with Gasteiger partial charge in [-0.3, -0.25) is 0 Å². The van der Waals surface area contributed by atoms with Crippen LogP contribution in [0.25, 0.3) is 0 Å². The van der Waals surface area contributed by atoms with Gasteiger partial charge in [-0.15, -0.1) is 0 Å². The number of carbonyl (C=O) groups excluding carboxylic acids is 2. The molecule has 1 aromatic rings. The summed E-state index contributed by atoms with van der Waals surface area (Å²) in [4.78, 5) is 22.3. The molecule has 1 aromatic carbocycles. The molecule has 4 heteroatoms. The van der Waals surface area contributed by atoms with Crippen molar-refractivity contribution in [3.8, 4) is 0 Å². The molecule has 2 bridgehead atoms. The number of fused-ring (bicyclic) bond motifs is 2. The van der Waals surface area contributed by atoms with Crippen LogP contribution in [0.4, 0.5) is 0 Å². The largest absolute Gasteiger partial charge is 0.459 e. The third-order valence-electron chi connectivity index (χ3n) is 6.70. The van der Waals surface area contributed by atoms with Crippen LogP contribution in [0.5, 0.6) is 0 Å². The number of hydrogen-bond donors (Lipinski definition) is 0. The number of esters is 2. The van der Waals surface area contributed by atoms with Crippen LogP contribution in [-0.2, 0) is 25.7 Å². The number of carbonyl (C=O) groups is 2. The van der Waals surface area contributed by atoms with Crippen LogP contribution in [0.15, 0.2) is 55.1 Å². The molecular weight excluding hydrogens is 352 g/mol. The summed E-state index contributed by atoms with van der Waals surface area (Å²) in [6.45, 7) is 15.8. The van der Waals surface area contributed by atoms with E-state index in [9.17, 15) is 9.59 Å². The van der Waals surface area contributed by atoms with Crippen LogP contribution in [0.1, 0.15) is 52.5 Å². The summed E-state index contributed by atoms with van der Waals surface area (Å²) in [6, 6.07) is 9.55. The first-order chi connectivity index (χ1) is 13.1. The second-order valence-corrected chi connectivity index (χ2v) is 8.58. The fourth-order valence-corrected chi connectivity index (χ4v) is 4.34. The highest BCUT2D eigenvalue weighted by Gasteiger charge is 2.62. The lowest BCUT2D eigenvalue weighted by Gasteiger charge is -2.38. The summed E-state index contributed by atoms with van der Waals surface area (Å²) in [7, 11) is 0. The molecule has 0 radical (unpaired) electrons. The van der Waals surface area contributed by atoms with Crippen LogP contribution in [0, 0.1) is 16.7 Å². The molecule has 0 aliphatic heterocycles. The van der Waals surface area contributed by atoms with Gasteiger partial charge in [0.05, 0.1) is 0 Å². The summed E-state index contributed by atoms with van der Waals surface area (Å²) in [5.74, 6) is 0.0959. The highest BCUT2D eigenvalue weighted by Crippen LogP contribution is 2.66. The minimum atomic E-state index is -0.344. The highest BCUT2D eigenvalue weighted by molar-refractivity contribution is 5.86. The maximum atomic E-state index is 11.3. The zero-order chi connectivity index (χ0) is 20.9. The first kappa shape index (κ1) is 21.9. The number of hydrogen-bond acceptors (Lipinski definition) is 4. The van der Waals surface area contributed by atoms with Crippen molar-refractivity contribution in [3.05, 3.63) is 60.7 Å². The van der Waals surface area contributed by atoms with Crippen molar-refractivity contribution < 1.29 is 19.1 Å². The fourth-order valence-electron chi connectivity index (χ4n) is 4.34. The first-order valence-corrected chi connectivity index (χ1v) is 9.81. The van der Waals surface area contributed by atoms with Crippen LogP contribution >= 0.6 is 0 Å². The quantitative estimate of drug-likeness (QED) is 0.515. The van der Waals surface area contributed by atoms with Crippen LogP contribution in [-0.4, -0.2) is 18.0 Å². The molecule has 152 valence electrons.